The number of carbonyl (C=O) groups excluding carboxylic acids is 1. The number of rotatable bonds is 2. The first-order valence-corrected chi connectivity index (χ1v) is 6.67. The van der Waals surface area contributed by atoms with Crippen LogP contribution in [-0.2, 0) is 0 Å². The van der Waals surface area contributed by atoms with Crippen LogP contribution in [0, 0.1) is 10.6 Å². The molecular formula is C12H10IN5O. The highest BCUT2D eigenvalue weighted by Crippen LogP contribution is 2.19. The second kappa shape index (κ2) is 4.65. The minimum Gasteiger partial charge on any atom is -0.335 e. The third-order valence-corrected chi connectivity index (χ3v) is 3.23. The number of H-pyrrole nitrogens is 2. The number of amides is 1. The average Bonchev–Trinajstić information content (AvgIpc) is 2.93. The van der Waals surface area contributed by atoms with Crippen LogP contribution >= 0.6 is 22.6 Å². The lowest BCUT2D eigenvalue weighted by atomic mass is 10.3. The Morgan fingerprint density at radius 2 is 2.21 bits per heavy atom. The Balaban J connectivity index is 1.86. The fourth-order valence-corrected chi connectivity index (χ4v) is 2.38. The molecular weight excluding hydrogens is 357 g/mol. The van der Waals surface area contributed by atoms with Crippen molar-refractivity contribution in [2.45, 2.75) is 6.92 Å². The van der Waals surface area contributed by atoms with Crippen molar-refractivity contribution in [1.29, 1.82) is 0 Å². The molecule has 0 aromatic carbocycles. The van der Waals surface area contributed by atoms with Crippen LogP contribution in [0.1, 0.15) is 16.2 Å². The van der Waals surface area contributed by atoms with Crippen LogP contribution in [-0.4, -0.2) is 26.1 Å². The number of hydrogen-bond acceptors (Lipinski definition) is 3. The van der Waals surface area contributed by atoms with Crippen LogP contribution in [0.3, 0.4) is 0 Å². The van der Waals surface area contributed by atoms with Crippen LogP contribution in [0.25, 0.3) is 11.0 Å². The Labute approximate surface area is 122 Å². The number of aromatic amines is 2. The summed E-state index contributed by atoms with van der Waals surface area (Å²) in [5, 5.41) is 10.3. The standard InChI is InChI=1S/C12H10IN5O/c1-6-2-9(18-17-6)12(19)15-8-3-7-4-10(13)16-11(7)14-5-8/h2-5H,1H3,(H,14,16)(H,15,19)(H,17,18). The molecule has 19 heavy (non-hydrogen) atoms. The first kappa shape index (κ1) is 12.2. The van der Waals surface area contributed by atoms with Gasteiger partial charge >= 0.3 is 0 Å². The molecule has 0 aliphatic carbocycles. The number of hydrogen-bond donors (Lipinski definition) is 3. The first-order chi connectivity index (χ1) is 9.11. The summed E-state index contributed by atoms with van der Waals surface area (Å²) in [4.78, 5) is 19.3. The summed E-state index contributed by atoms with van der Waals surface area (Å²) in [6.45, 7) is 1.82. The quantitative estimate of drug-likeness (QED) is 0.608. The predicted molar refractivity (Wildman–Crippen MR) is 80.1 cm³/mol. The van der Waals surface area contributed by atoms with Gasteiger partial charge in [0.25, 0.3) is 5.91 Å². The van der Waals surface area contributed by atoms with Gasteiger partial charge in [-0.15, -0.1) is 0 Å². The summed E-state index contributed by atoms with van der Waals surface area (Å²) >= 11 is 2.19. The molecule has 3 N–H and O–H groups in total. The van der Waals surface area contributed by atoms with Crippen molar-refractivity contribution in [2.75, 3.05) is 5.32 Å². The number of halogens is 1. The molecule has 0 aliphatic rings. The topological polar surface area (TPSA) is 86.5 Å². The zero-order valence-corrected chi connectivity index (χ0v) is 12.1. The maximum atomic E-state index is 11.9. The molecule has 0 saturated carbocycles. The SMILES string of the molecule is Cc1cc(C(=O)Nc2cnc3[nH]c(I)cc3c2)[nH]n1. The van der Waals surface area contributed by atoms with Crippen LogP contribution in [0.5, 0.6) is 0 Å². The van der Waals surface area contributed by atoms with E-state index in [-0.39, 0.29) is 5.91 Å². The number of carbonyl (C=O) groups is 1. The highest BCUT2D eigenvalue weighted by Gasteiger charge is 2.09. The number of nitrogens with one attached hydrogen (secondary N) is 3. The summed E-state index contributed by atoms with van der Waals surface area (Å²) in [7, 11) is 0. The summed E-state index contributed by atoms with van der Waals surface area (Å²) in [6, 6.07) is 5.54. The lowest BCUT2D eigenvalue weighted by Gasteiger charge is -2.02. The summed E-state index contributed by atoms with van der Waals surface area (Å²) < 4.78 is 1.01. The molecule has 3 heterocycles. The van der Waals surface area contributed by atoms with Gasteiger partial charge in [-0.1, -0.05) is 0 Å². The molecule has 1 amide bonds. The van der Waals surface area contributed by atoms with Crippen molar-refractivity contribution >= 4 is 45.2 Å². The molecule has 3 rings (SSSR count). The Bertz CT molecular complexity index is 760. The fraction of sp³-hybridized carbons (Fsp3) is 0.0833. The smallest absolute Gasteiger partial charge is 0.273 e. The number of aromatic nitrogens is 4. The lowest BCUT2D eigenvalue weighted by Crippen LogP contribution is -2.12. The van der Waals surface area contributed by atoms with Crippen LogP contribution < -0.4 is 5.32 Å². The van der Waals surface area contributed by atoms with Gasteiger partial charge in [0, 0.05) is 5.39 Å². The van der Waals surface area contributed by atoms with E-state index in [2.05, 4.69) is 48.1 Å². The molecule has 3 aromatic rings. The average molecular weight is 367 g/mol. The van der Waals surface area contributed by atoms with E-state index >= 15 is 0 Å². The van der Waals surface area contributed by atoms with E-state index in [1.807, 2.05) is 19.1 Å². The van der Waals surface area contributed by atoms with Gasteiger partial charge in [0.15, 0.2) is 0 Å². The second-order valence-corrected chi connectivity index (χ2v) is 5.32. The van der Waals surface area contributed by atoms with Crippen LogP contribution in [0.2, 0.25) is 0 Å². The number of aryl methyl sites for hydroxylation is 1. The van der Waals surface area contributed by atoms with Gasteiger partial charge in [-0.2, -0.15) is 5.10 Å². The van der Waals surface area contributed by atoms with Crippen molar-refractivity contribution < 1.29 is 4.79 Å². The molecule has 0 saturated heterocycles. The number of fused-ring (bicyclic) bond motifs is 1. The van der Waals surface area contributed by atoms with Gasteiger partial charge in [-0.3, -0.25) is 9.89 Å². The first-order valence-electron chi connectivity index (χ1n) is 5.59. The number of nitrogens with zero attached hydrogens (tertiary/aromatic N) is 2. The maximum Gasteiger partial charge on any atom is 0.273 e. The molecule has 7 heteroatoms. The third kappa shape index (κ3) is 2.46. The van der Waals surface area contributed by atoms with E-state index in [1.54, 1.807) is 12.3 Å². The van der Waals surface area contributed by atoms with Gasteiger partial charge in [-0.05, 0) is 47.7 Å². The highest BCUT2D eigenvalue weighted by molar-refractivity contribution is 14.1. The van der Waals surface area contributed by atoms with Crippen molar-refractivity contribution in [3.05, 3.63) is 39.5 Å². The Kier molecular flexibility index (Phi) is 2.97. The van der Waals surface area contributed by atoms with Gasteiger partial charge in [0.1, 0.15) is 11.3 Å². The highest BCUT2D eigenvalue weighted by atomic mass is 127. The number of pyridine rings is 1. The summed E-state index contributed by atoms with van der Waals surface area (Å²) in [5.74, 6) is -0.230. The minimum absolute atomic E-state index is 0.230. The van der Waals surface area contributed by atoms with Crippen molar-refractivity contribution in [3.8, 4) is 0 Å². The molecule has 0 bridgehead atoms. The molecule has 96 valence electrons. The monoisotopic (exact) mass is 367 g/mol. The molecule has 0 fully saturated rings. The van der Waals surface area contributed by atoms with E-state index < -0.39 is 0 Å². The second-order valence-electron chi connectivity index (χ2n) is 4.16. The molecule has 0 aliphatic heterocycles. The molecule has 0 radical (unpaired) electrons. The zero-order valence-electron chi connectivity index (χ0n) is 9.99. The van der Waals surface area contributed by atoms with E-state index in [0.29, 0.717) is 11.4 Å². The molecule has 0 spiro atoms. The summed E-state index contributed by atoms with van der Waals surface area (Å²) in [5.41, 5.74) is 2.67. The Hall–Kier alpha value is -1.90. The predicted octanol–water partition coefficient (Wildman–Crippen LogP) is 2.45. The normalized spacial score (nSPS) is 10.8. The summed E-state index contributed by atoms with van der Waals surface area (Å²) in [6.07, 6.45) is 1.62. The third-order valence-electron chi connectivity index (χ3n) is 2.65. The van der Waals surface area contributed by atoms with Crippen molar-refractivity contribution in [2.24, 2.45) is 0 Å². The van der Waals surface area contributed by atoms with Crippen LogP contribution in [0.15, 0.2) is 24.4 Å². The van der Waals surface area contributed by atoms with Gasteiger partial charge in [0.05, 0.1) is 21.3 Å². The molecule has 0 unspecified atom stereocenters. The largest absolute Gasteiger partial charge is 0.335 e. The van der Waals surface area contributed by atoms with E-state index in [0.717, 1.165) is 20.4 Å². The van der Waals surface area contributed by atoms with Gasteiger partial charge < -0.3 is 10.3 Å². The van der Waals surface area contributed by atoms with Gasteiger partial charge in [-0.25, -0.2) is 4.98 Å². The zero-order chi connectivity index (χ0) is 13.4. The molecule has 0 atom stereocenters. The van der Waals surface area contributed by atoms with E-state index in [1.165, 1.54) is 0 Å². The van der Waals surface area contributed by atoms with E-state index in [9.17, 15) is 4.79 Å². The van der Waals surface area contributed by atoms with E-state index in [4.69, 9.17) is 0 Å². The fourth-order valence-electron chi connectivity index (χ4n) is 1.79. The minimum atomic E-state index is -0.230. The number of anilines is 1. The Morgan fingerprint density at radius 3 is 2.95 bits per heavy atom. The molecule has 3 aromatic heterocycles. The maximum absolute atomic E-state index is 11.9. The van der Waals surface area contributed by atoms with Crippen LogP contribution in [0.4, 0.5) is 5.69 Å². The van der Waals surface area contributed by atoms with Crippen molar-refractivity contribution in [3.63, 3.8) is 0 Å². The Morgan fingerprint density at radius 1 is 1.37 bits per heavy atom. The van der Waals surface area contributed by atoms with Crippen molar-refractivity contribution in [1.82, 2.24) is 20.2 Å². The molecule has 6 nitrogen and oxygen atoms in total. The van der Waals surface area contributed by atoms with Gasteiger partial charge in [0.2, 0.25) is 0 Å². The lowest BCUT2D eigenvalue weighted by molar-refractivity contribution is 0.102.